The van der Waals surface area contributed by atoms with E-state index in [4.69, 9.17) is 4.74 Å². The number of hydrogen-bond donors (Lipinski definition) is 2. The summed E-state index contributed by atoms with van der Waals surface area (Å²) in [5.41, 5.74) is 2.67. The maximum absolute atomic E-state index is 12.0. The summed E-state index contributed by atoms with van der Waals surface area (Å²) in [6.07, 6.45) is 1.75. The molecule has 1 heterocycles. The zero-order valence-corrected chi connectivity index (χ0v) is 13.7. The highest BCUT2D eigenvalue weighted by atomic mass is 16.5. The van der Waals surface area contributed by atoms with Crippen molar-refractivity contribution in [1.82, 2.24) is 5.32 Å². The molecule has 2 N–H and O–H groups in total. The number of amides is 2. The van der Waals surface area contributed by atoms with E-state index < -0.39 is 11.6 Å². The highest BCUT2D eigenvalue weighted by molar-refractivity contribution is 6.01. The molecule has 22 heavy (non-hydrogen) atoms. The van der Waals surface area contributed by atoms with Crippen molar-refractivity contribution in [3.05, 3.63) is 29.3 Å². The van der Waals surface area contributed by atoms with Crippen LogP contribution >= 0.6 is 0 Å². The van der Waals surface area contributed by atoms with Crippen LogP contribution in [0, 0.1) is 0 Å². The molecule has 0 saturated carbocycles. The Morgan fingerprint density at radius 3 is 2.68 bits per heavy atom. The molecule has 1 atom stereocenters. The summed E-state index contributed by atoms with van der Waals surface area (Å²) < 4.78 is 5.65. The van der Waals surface area contributed by atoms with Gasteiger partial charge in [0.05, 0.1) is 5.60 Å². The average molecular weight is 304 g/mol. The highest BCUT2D eigenvalue weighted by Gasteiger charge is 2.30. The van der Waals surface area contributed by atoms with Crippen LogP contribution in [0.3, 0.4) is 0 Å². The van der Waals surface area contributed by atoms with Gasteiger partial charge in [-0.25, -0.2) is 0 Å². The van der Waals surface area contributed by atoms with Crippen LogP contribution < -0.4 is 10.6 Å². The summed E-state index contributed by atoms with van der Waals surface area (Å²) in [6.45, 7) is 6.12. The number of piperidine rings is 1. The molecular weight excluding hydrogens is 280 g/mol. The molecule has 0 aromatic heterocycles. The first-order chi connectivity index (χ1) is 10.4. The van der Waals surface area contributed by atoms with E-state index in [1.807, 2.05) is 26.0 Å². The number of benzene rings is 1. The van der Waals surface area contributed by atoms with Gasteiger partial charge in [-0.05, 0) is 38.3 Å². The Morgan fingerprint density at radius 2 is 2.09 bits per heavy atom. The zero-order chi connectivity index (χ0) is 16.3. The second-order valence-electron chi connectivity index (χ2n) is 6.06. The molecule has 2 amide bonds. The minimum atomic E-state index is -0.462. The number of ether oxygens (including phenoxy) is 1. The molecule has 0 bridgehead atoms. The summed E-state index contributed by atoms with van der Waals surface area (Å²) in [5, 5.41) is 5.67. The van der Waals surface area contributed by atoms with Gasteiger partial charge in [0, 0.05) is 24.8 Å². The largest absolute Gasteiger partial charge is 0.374 e. The number of carbonyl (C=O) groups is 2. The average Bonchev–Trinajstić information content (AvgIpc) is 2.49. The normalized spacial score (nSPS) is 19.0. The molecular formula is C17H24N2O3. The summed E-state index contributed by atoms with van der Waals surface area (Å²) >= 11 is 0. The third kappa shape index (κ3) is 3.30. The fourth-order valence-corrected chi connectivity index (χ4v) is 2.85. The molecule has 0 spiro atoms. The highest BCUT2D eigenvalue weighted by Crippen LogP contribution is 2.34. The molecule has 1 unspecified atom stereocenters. The first-order valence-corrected chi connectivity index (χ1v) is 7.66. The van der Waals surface area contributed by atoms with Crippen molar-refractivity contribution < 1.29 is 14.3 Å². The molecule has 1 aliphatic rings. The predicted molar refractivity (Wildman–Crippen MR) is 85.6 cm³/mol. The van der Waals surface area contributed by atoms with E-state index in [1.165, 1.54) is 5.56 Å². The standard InChI is InChI=1S/C17H24N2O3/c1-5-11-7-6-8-12(15(11)17(2,3)22-4)18-13-9-10-14(20)19-16(13)21/h6-8,13,18H,5,9-10H2,1-4H3,(H,19,20,21). The van der Waals surface area contributed by atoms with Gasteiger partial charge in [-0.3, -0.25) is 14.9 Å². The van der Waals surface area contributed by atoms with Crippen LogP contribution in [0.1, 0.15) is 44.7 Å². The number of rotatable bonds is 5. The van der Waals surface area contributed by atoms with Crippen molar-refractivity contribution in [3.8, 4) is 0 Å². The number of carbonyl (C=O) groups excluding carboxylic acids is 2. The van der Waals surface area contributed by atoms with Crippen LogP contribution in [0.2, 0.25) is 0 Å². The Morgan fingerprint density at radius 1 is 1.36 bits per heavy atom. The van der Waals surface area contributed by atoms with Gasteiger partial charge in [0.25, 0.3) is 0 Å². The van der Waals surface area contributed by atoms with Crippen LogP contribution in [0.4, 0.5) is 5.69 Å². The Kier molecular flexibility index (Phi) is 4.86. The van der Waals surface area contributed by atoms with Crippen molar-refractivity contribution in [2.45, 2.75) is 51.7 Å². The van der Waals surface area contributed by atoms with E-state index >= 15 is 0 Å². The lowest BCUT2D eigenvalue weighted by atomic mass is 9.89. The first kappa shape index (κ1) is 16.5. The zero-order valence-electron chi connectivity index (χ0n) is 13.7. The van der Waals surface area contributed by atoms with Gasteiger partial charge >= 0.3 is 0 Å². The molecule has 5 heteroatoms. The van der Waals surface area contributed by atoms with Crippen molar-refractivity contribution in [1.29, 1.82) is 0 Å². The Bertz CT molecular complexity index is 581. The maximum atomic E-state index is 12.0. The Labute approximate surface area is 131 Å². The van der Waals surface area contributed by atoms with E-state index in [2.05, 4.69) is 23.6 Å². The van der Waals surface area contributed by atoms with E-state index in [0.717, 1.165) is 17.7 Å². The molecule has 2 rings (SSSR count). The van der Waals surface area contributed by atoms with Gasteiger partial charge in [-0.15, -0.1) is 0 Å². The lowest BCUT2D eigenvalue weighted by molar-refractivity contribution is -0.133. The first-order valence-electron chi connectivity index (χ1n) is 7.66. The second kappa shape index (κ2) is 6.48. The fraction of sp³-hybridized carbons (Fsp3) is 0.529. The van der Waals surface area contributed by atoms with Crippen LogP contribution in [-0.4, -0.2) is 25.0 Å². The molecule has 1 fully saturated rings. The lowest BCUT2D eigenvalue weighted by Gasteiger charge is -2.31. The van der Waals surface area contributed by atoms with Gasteiger partial charge in [-0.1, -0.05) is 19.1 Å². The van der Waals surface area contributed by atoms with E-state index in [-0.39, 0.29) is 11.8 Å². The van der Waals surface area contributed by atoms with E-state index in [9.17, 15) is 9.59 Å². The summed E-state index contributed by atoms with van der Waals surface area (Å²) in [6, 6.07) is 5.61. The van der Waals surface area contributed by atoms with Crippen LogP contribution in [0.15, 0.2) is 18.2 Å². The molecule has 1 saturated heterocycles. The monoisotopic (exact) mass is 304 g/mol. The topological polar surface area (TPSA) is 67.4 Å². The summed E-state index contributed by atoms with van der Waals surface area (Å²) in [7, 11) is 1.68. The minimum Gasteiger partial charge on any atom is -0.374 e. The molecule has 1 aromatic rings. The molecule has 0 aliphatic carbocycles. The van der Waals surface area contributed by atoms with Crippen molar-refractivity contribution in [3.63, 3.8) is 0 Å². The Balaban J connectivity index is 2.35. The third-order valence-corrected chi connectivity index (χ3v) is 4.21. The fourth-order valence-electron chi connectivity index (χ4n) is 2.85. The van der Waals surface area contributed by atoms with Crippen LogP contribution in [0.25, 0.3) is 0 Å². The number of imide groups is 1. The van der Waals surface area contributed by atoms with Gasteiger partial charge in [0.15, 0.2) is 0 Å². The molecule has 5 nitrogen and oxygen atoms in total. The van der Waals surface area contributed by atoms with Crippen molar-refractivity contribution in [2.75, 3.05) is 12.4 Å². The molecule has 1 aliphatic heterocycles. The third-order valence-electron chi connectivity index (χ3n) is 4.21. The molecule has 1 aromatic carbocycles. The molecule has 120 valence electrons. The van der Waals surface area contributed by atoms with Crippen LogP contribution in [0.5, 0.6) is 0 Å². The number of anilines is 1. The lowest BCUT2D eigenvalue weighted by Crippen LogP contribution is -2.47. The summed E-state index contributed by atoms with van der Waals surface area (Å²) in [5.74, 6) is -0.470. The molecule has 0 radical (unpaired) electrons. The SMILES string of the molecule is CCc1cccc(NC2CCC(=O)NC2=O)c1C(C)(C)OC. The maximum Gasteiger partial charge on any atom is 0.249 e. The van der Waals surface area contributed by atoms with Crippen LogP contribution in [-0.2, 0) is 26.3 Å². The number of hydrogen-bond acceptors (Lipinski definition) is 4. The van der Waals surface area contributed by atoms with Gasteiger partial charge in [0.1, 0.15) is 6.04 Å². The van der Waals surface area contributed by atoms with Gasteiger partial charge < -0.3 is 10.1 Å². The van der Waals surface area contributed by atoms with Crippen molar-refractivity contribution >= 4 is 17.5 Å². The minimum absolute atomic E-state index is 0.206. The van der Waals surface area contributed by atoms with E-state index in [1.54, 1.807) is 7.11 Å². The quantitative estimate of drug-likeness (QED) is 0.819. The smallest absolute Gasteiger partial charge is 0.249 e. The van der Waals surface area contributed by atoms with Crippen molar-refractivity contribution in [2.24, 2.45) is 0 Å². The van der Waals surface area contributed by atoms with Gasteiger partial charge in [0.2, 0.25) is 11.8 Å². The van der Waals surface area contributed by atoms with E-state index in [0.29, 0.717) is 12.8 Å². The number of aryl methyl sites for hydroxylation is 1. The second-order valence-corrected chi connectivity index (χ2v) is 6.06. The number of methoxy groups -OCH3 is 1. The van der Waals surface area contributed by atoms with Gasteiger partial charge in [-0.2, -0.15) is 0 Å². The predicted octanol–water partition coefficient (Wildman–Crippen LogP) is 2.35. The Hall–Kier alpha value is -1.88. The number of nitrogens with one attached hydrogen (secondary N) is 2. The summed E-state index contributed by atoms with van der Waals surface area (Å²) in [4.78, 5) is 23.2.